The summed E-state index contributed by atoms with van der Waals surface area (Å²) in [7, 11) is -6.04. The monoisotopic (exact) mass is 672 g/mol. The Balaban J connectivity index is 1.52. The van der Waals surface area contributed by atoms with Gasteiger partial charge in [-0.2, -0.15) is 0 Å². The first-order chi connectivity index (χ1) is 17.6. The van der Waals surface area contributed by atoms with Gasteiger partial charge in [-0.1, -0.05) is 0 Å². The Labute approximate surface area is 227 Å². The van der Waals surface area contributed by atoms with Crippen molar-refractivity contribution in [3.8, 4) is 0 Å². The maximum absolute atomic E-state index is 15.4. The van der Waals surface area contributed by atoms with E-state index in [1.165, 1.54) is 24.3 Å². The number of ether oxygens (including phenoxy) is 2. The van der Waals surface area contributed by atoms with E-state index in [0.29, 0.717) is 7.14 Å². The van der Waals surface area contributed by atoms with Gasteiger partial charge < -0.3 is 0 Å². The van der Waals surface area contributed by atoms with Crippen molar-refractivity contribution in [2.24, 2.45) is 17.8 Å². The number of halogens is 5. The third kappa shape index (κ3) is 5.81. The molecule has 0 heterocycles. The minimum atomic E-state index is -6.04. The van der Waals surface area contributed by atoms with E-state index in [2.05, 4.69) is 0 Å². The van der Waals surface area contributed by atoms with Crippen molar-refractivity contribution in [2.75, 3.05) is 0 Å². The van der Waals surface area contributed by atoms with Crippen LogP contribution in [-0.2, 0) is 22.1 Å². The van der Waals surface area contributed by atoms with E-state index in [1.807, 2.05) is 0 Å². The van der Waals surface area contributed by atoms with Gasteiger partial charge in [0.15, 0.2) is 0 Å². The van der Waals surface area contributed by atoms with Crippen LogP contribution in [0.25, 0.3) is 0 Å². The molecule has 4 unspecified atom stereocenters. The molecule has 4 rings (SSSR count). The van der Waals surface area contributed by atoms with E-state index in [9.17, 15) is 13.2 Å². The van der Waals surface area contributed by atoms with Crippen molar-refractivity contribution < 1.29 is 42.8 Å². The SMILES string of the molecule is CC(C)(C)OC(=O)OC1CC2CC1CC2C(F)(F)C(F)(F)S(=O)(=O)OI(c1ccccc1)c1ccccc1. The van der Waals surface area contributed by atoms with Crippen molar-refractivity contribution in [1.82, 2.24) is 0 Å². The zero-order chi connectivity index (χ0) is 27.9. The number of carbonyl (C=O) groups excluding carboxylic acids is 1. The number of fused-ring (bicyclic) bond motifs is 2. The molecule has 2 aliphatic rings. The van der Waals surface area contributed by atoms with Crippen LogP contribution in [0.2, 0.25) is 0 Å². The summed E-state index contributed by atoms with van der Waals surface area (Å²) in [6.07, 6.45) is -2.07. The van der Waals surface area contributed by atoms with Gasteiger partial charge in [-0.25, -0.2) is 0 Å². The van der Waals surface area contributed by atoms with Crippen LogP contribution in [0.1, 0.15) is 40.0 Å². The molecule has 2 saturated carbocycles. The van der Waals surface area contributed by atoms with Gasteiger partial charge in [0, 0.05) is 0 Å². The van der Waals surface area contributed by atoms with Crippen molar-refractivity contribution in [3.05, 3.63) is 67.8 Å². The third-order valence-electron chi connectivity index (χ3n) is 6.61. The molecule has 0 amide bonds. The second-order valence-corrected chi connectivity index (χ2v) is 17.0. The summed E-state index contributed by atoms with van der Waals surface area (Å²) in [6.45, 7) is 4.92. The topological polar surface area (TPSA) is 78.9 Å². The van der Waals surface area contributed by atoms with Gasteiger partial charge in [-0.3, -0.25) is 0 Å². The molecule has 2 bridgehead atoms. The minimum absolute atomic E-state index is 0.0757. The summed E-state index contributed by atoms with van der Waals surface area (Å²) in [5.74, 6) is -8.34. The van der Waals surface area contributed by atoms with Crippen LogP contribution in [0.15, 0.2) is 60.7 Å². The van der Waals surface area contributed by atoms with Crippen LogP contribution in [0.3, 0.4) is 0 Å². The molecule has 38 heavy (non-hydrogen) atoms. The van der Waals surface area contributed by atoms with Crippen LogP contribution in [0.4, 0.5) is 22.4 Å². The van der Waals surface area contributed by atoms with Gasteiger partial charge in [0.2, 0.25) is 0 Å². The first-order valence-electron chi connectivity index (χ1n) is 12.0. The standard InChI is InChI=1S/C26H29F4IO6S/c1-24(2,3)36-23(32)35-22-16-17-14-18(22)15-21(17)25(27,28)26(29,30)38(33,34)37-31(19-10-6-4-7-11-19)20-12-8-5-9-13-20/h4-13,17-18,21-22H,14-16H2,1-3H3. The van der Waals surface area contributed by atoms with Crippen molar-refractivity contribution in [3.63, 3.8) is 0 Å². The zero-order valence-electron chi connectivity index (χ0n) is 21.0. The summed E-state index contributed by atoms with van der Waals surface area (Å²) in [6, 6.07) is 15.8. The molecule has 0 aliphatic heterocycles. The van der Waals surface area contributed by atoms with Crippen molar-refractivity contribution in [2.45, 2.75) is 62.9 Å². The van der Waals surface area contributed by atoms with Gasteiger partial charge in [-0.15, -0.1) is 0 Å². The summed E-state index contributed by atoms with van der Waals surface area (Å²) in [4.78, 5) is 12.0. The first-order valence-corrected chi connectivity index (χ1v) is 16.5. The normalized spacial score (nSPS) is 24.2. The second-order valence-electron chi connectivity index (χ2n) is 10.5. The molecule has 2 aliphatic carbocycles. The van der Waals surface area contributed by atoms with Crippen LogP contribution in [0.5, 0.6) is 0 Å². The third-order valence-corrected chi connectivity index (χ3v) is 14.0. The Morgan fingerprint density at radius 1 is 0.842 bits per heavy atom. The molecule has 2 aromatic rings. The molecule has 0 saturated heterocycles. The number of alkyl halides is 4. The number of hydrogen-bond donors (Lipinski definition) is 0. The van der Waals surface area contributed by atoms with Crippen LogP contribution in [-0.4, -0.2) is 37.5 Å². The molecule has 210 valence electrons. The number of rotatable bonds is 8. The van der Waals surface area contributed by atoms with E-state index < -0.39 is 83.6 Å². The van der Waals surface area contributed by atoms with Gasteiger partial charge in [0.05, 0.1) is 0 Å². The predicted octanol–water partition coefficient (Wildman–Crippen LogP) is 7.09. The molecule has 0 N–H and O–H groups in total. The zero-order valence-corrected chi connectivity index (χ0v) is 23.9. The fourth-order valence-electron chi connectivity index (χ4n) is 4.97. The van der Waals surface area contributed by atoms with Crippen LogP contribution in [0, 0.1) is 24.9 Å². The number of hydrogen-bond acceptors (Lipinski definition) is 6. The molecular weight excluding hydrogens is 643 g/mol. The Kier molecular flexibility index (Phi) is 8.08. The quantitative estimate of drug-likeness (QED) is 0.169. The predicted molar refractivity (Wildman–Crippen MR) is 140 cm³/mol. The summed E-state index contributed by atoms with van der Waals surface area (Å²) in [5, 5.41) is -5.46. The molecule has 2 fully saturated rings. The van der Waals surface area contributed by atoms with Gasteiger partial charge >= 0.3 is 207 Å². The van der Waals surface area contributed by atoms with Crippen LogP contribution < -0.4 is 0 Å². The number of benzene rings is 2. The Bertz CT molecular complexity index is 1200. The summed E-state index contributed by atoms with van der Waals surface area (Å²) < 4.78 is 103. The second kappa shape index (κ2) is 10.6. The molecular formula is C26H29F4IO6S. The fourth-order valence-corrected chi connectivity index (χ4v) is 12.0. The van der Waals surface area contributed by atoms with E-state index in [-0.39, 0.29) is 12.8 Å². The van der Waals surface area contributed by atoms with Crippen molar-refractivity contribution >= 4 is 36.5 Å². The van der Waals surface area contributed by atoms with E-state index >= 15 is 17.6 Å². The maximum atomic E-state index is 15.4. The van der Waals surface area contributed by atoms with Crippen molar-refractivity contribution in [1.29, 1.82) is 0 Å². The molecule has 12 heteroatoms. The van der Waals surface area contributed by atoms with Gasteiger partial charge in [-0.05, 0) is 20.8 Å². The molecule has 6 nitrogen and oxygen atoms in total. The first kappa shape index (κ1) is 29.1. The molecule has 0 aromatic heterocycles. The summed E-state index contributed by atoms with van der Waals surface area (Å²) in [5.41, 5.74) is -0.818. The fraction of sp³-hybridized carbons (Fsp3) is 0.500. The molecule has 0 radical (unpaired) electrons. The molecule has 4 atom stereocenters. The Morgan fingerprint density at radius 3 is 1.82 bits per heavy atom. The number of carbonyl (C=O) groups is 1. The Morgan fingerprint density at radius 2 is 1.37 bits per heavy atom. The van der Waals surface area contributed by atoms with E-state index in [0.717, 1.165) is 0 Å². The Hall–Kier alpha value is -1.93. The van der Waals surface area contributed by atoms with Crippen LogP contribution >= 0.6 is 20.2 Å². The molecule has 2 aromatic carbocycles. The van der Waals surface area contributed by atoms with E-state index in [4.69, 9.17) is 12.0 Å². The van der Waals surface area contributed by atoms with Gasteiger partial charge in [0.25, 0.3) is 0 Å². The molecule has 0 spiro atoms. The summed E-state index contributed by atoms with van der Waals surface area (Å²) >= 11 is -3.54. The average Bonchev–Trinajstić information content (AvgIpc) is 3.43. The van der Waals surface area contributed by atoms with E-state index in [1.54, 1.807) is 57.2 Å². The average molecular weight is 672 g/mol. The van der Waals surface area contributed by atoms with Gasteiger partial charge in [0.1, 0.15) is 0 Å².